The molecule has 2 nitrogen and oxygen atoms in total. The van der Waals surface area contributed by atoms with Crippen LogP contribution in [0.2, 0.25) is 0 Å². The highest BCUT2D eigenvalue weighted by Crippen LogP contribution is 2.40. The van der Waals surface area contributed by atoms with Crippen molar-refractivity contribution in [2.75, 3.05) is 24.7 Å². The molecule has 1 saturated heterocycles. The van der Waals surface area contributed by atoms with Crippen LogP contribution in [0.4, 0.5) is 0 Å². The number of ether oxygens (including phenoxy) is 2. The molecule has 1 fully saturated rings. The highest BCUT2D eigenvalue weighted by atomic mass is 32.2. The van der Waals surface area contributed by atoms with E-state index in [1.165, 1.54) is 46.4 Å². The molecule has 0 bridgehead atoms. The average molecular weight is 360 g/mol. The van der Waals surface area contributed by atoms with Crippen LogP contribution in [-0.2, 0) is 10.9 Å². The summed E-state index contributed by atoms with van der Waals surface area (Å²) in [7, 11) is 0.322. The summed E-state index contributed by atoms with van der Waals surface area (Å²) in [5.41, 5.74) is 0. The number of hydrogen-bond acceptors (Lipinski definition) is 2. The summed E-state index contributed by atoms with van der Waals surface area (Å²) in [6.45, 7) is 6.03. The standard InChI is InChI=1S/C22H31O2S/c1-3-5-14-23-20-11-9-10-19-18(20)12-13-21(24-15-6-4-2)22(19)25-16-7-8-17-25/h9-13H,3-8,14-17H2,1-2H3/q+1. The Morgan fingerprint density at radius 1 is 0.800 bits per heavy atom. The van der Waals surface area contributed by atoms with Gasteiger partial charge in [0.1, 0.15) is 17.3 Å². The van der Waals surface area contributed by atoms with E-state index in [2.05, 4.69) is 44.2 Å². The number of fused-ring (bicyclic) bond motifs is 1. The summed E-state index contributed by atoms with van der Waals surface area (Å²) in [4.78, 5) is 1.45. The minimum atomic E-state index is 0.322. The molecule has 0 saturated carbocycles. The Morgan fingerprint density at radius 2 is 1.48 bits per heavy atom. The fourth-order valence-electron chi connectivity index (χ4n) is 3.33. The maximum absolute atomic E-state index is 6.20. The van der Waals surface area contributed by atoms with Gasteiger partial charge in [0.15, 0.2) is 5.75 Å². The van der Waals surface area contributed by atoms with Crippen molar-refractivity contribution in [1.29, 1.82) is 0 Å². The molecule has 0 N–H and O–H groups in total. The van der Waals surface area contributed by atoms with Gasteiger partial charge in [0.25, 0.3) is 0 Å². The zero-order chi connectivity index (χ0) is 17.5. The van der Waals surface area contributed by atoms with Crippen molar-refractivity contribution in [2.45, 2.75) is 57.3 Å². The van der Waals surface area contributed by atoms with Gasteiger partial charge in [-0.2, -0.15) is 0 Å². The molecule has 1 heterocycles. The Balaban J connectivity index is 1.97. The molecule has 0 aromatic heterocycles. The molecule has 1 aliphatic rings. The van der Waals surface area contributed by atoms with Gasteiger partial charge in [-0.25, -0.2) is 0 Å². The van der Waals surface area contributed by atoms with Crippen LogP contribution in [-0.4, -0.2) is 24.7 Å². The van der Waals surface area contributed by atoms with Gasteiger partial charge in [0, 0.05) is 21.7 Å². The summed E-state index contributed by atoms with van der Waals surface area (Å²) in [6.07, 6.45) is 7.25. The minimum absolute atomic E-state index is 0.322. The third-order valence-electron chi connectivity index (χ3n) is 4.77. The second-order valence-corrected chi connectivity index (χ2v) is 8.97. The number of hydrogen-bond donors (Lipinski definition) is 0. The summed E-state index contributed by atoms with van der Waals surface area (Å²) >= 11 is 0. The van der Waals surface area contributed by atoms with Crippen molar-refractivity contribution in [1.82, 2.24) is 0 Å². The third-order valence-corrected chi connectivity index (χ3v) is 7.33. The molecule has 25 heavy (non-hydrogen) atoms. The van der Waals surface area contributed by atoms with Gasteiger partial charge < -0.3 is 9.47 Å². The van der Waals surface area contributed by atoms with Crippen LogP contribution in [0, 0.1) is 0 Å². The monoisotopic (exact) mass is 359 g/mol. The first-order valence-corrected chi connectivity index (χ1v) is 11.4. The van der Waals surface area contributed by atoms with E-state index in [9.17, 15) is 0 Å². The second kappa shape index (κ2) is 9.38. The van der Waals surface area contributed by atoms with E-state index in [4.69, 9.17) is 9.47 Å². The van der Waals surface area contributed by atoms with Crippen LogP contribution >= 0.6 is 0 Å². The first kappa shape index (κ1) is 18.4. The molecule has 3 heteroatoms. The number of unbranched alkanes of at least 4 members (excludes halogenated alkanes) is 2. The van der Waals surface area contributed by atoms with Crippen molar-refractivity contribution < 1.29 is 9.47 Å². The molecule has 0 amide bonds. The van der Waals surface area contributed by atoms with E-state index in [-0.39, 0.29) is 0 Å². The van der Waals surface area contributed by atoms with E-state index < -0.39 is 0 Å². The summed E-state index contributed by atoms with van der Waals surface area (Å²) < 4.78 is 12.3. The fourth-order valence-corrected chi connectivity index (χ4v) is 5.95. The molecule has 136 valence electrons. The van der Waals surface area contributed by atoms with E-state index in [0.717, 1.165) is 44.0 Å². The maximum Gasteiger partial charge on any atom is 0.204 e. The number of benzene rings is 2. The van der Waals surface area contributed by atoms with Gasteiger partial charge in [-0.3, -0.25) is 0 Å². The Labute approximate surface area is 155 Å². The van der Waals surface area contributed by atoms with Gasteiger partial charge in [0.05, 0.1) is 13.2 Å². The molecule has 0 atom stereocenters. The Morgan fingerprint density at radius 3 is 2.16 bits per heavy atom. The first-order valence-electron chi connectivity index (χ1n) is 9.84. The lowest BCUT2D eigenvalue weighted by Crippen LogP contribution is -2.09. The van der Waals surface area contributed by atoms with Crippen LogP contribution in [0.3, 0.4) is 0 Å². The fraction of sp³-hybridized carbons (Fsp3) is 0.545. The minimum Gasteiger partial charge on any atom is -0.493 e. The van der Waals surface area contributed by atoms with Gasteiger partial charge in [-0.05, 0) is 49.9 Å². The lowest BCUT2D eigenvalue weighted by molar-refractivity contribution is 0.303. The SMILES string of the molecule is CCCCOc1ccc2c(OCCCC)cccc2c1[S+]1CCCC1. The van der Waals surface area contributed by atoms with E-state index >= 15 is 0 Å². The van der Waals surface area contributed by atoms with Crippen LogP contribution in [0.1, 0.15) is 52.4 Å². The molecular weight excluding hydrogens is 328 g/mol. The summed E-state index contributed by atoms with van der Waals surface area (Å²) in [5, 5.41) is 2.59. The molecule has 2 aromatic carbocycles. The van der Waals surface area contributed by atoms with Crippen LogP contribution < -0.4 is 9.47 Å². The topological polar surface area (TPSA) is 18.5 Å². The molecule has 0 spiro atoms. The lowest BCUT2D eigenvalue weighted by atomic mass is 10.1. The van der Waals surface area contributed by atoms with Gasteiger partial charge >= 0.3 is 0 Å². The first-order chi connectivity index (χ1) is 12.3. The van der Waals surface area contributed by atoms with Crippen LogP contribution in [0.5, 0.6) is 11.5 Å². The highest BCUT2D eigenvalue weighted by Gasteiger charge is 2.32. The van der Waals surface area contributed by atoms with Gasteiger partial charge in [-0.15, -0.1) is 0 Å². The molecular formula is C22H31O2S+. The molecule has 2 aromatic rings. The van der Waals surface area contributed by atoms with E-state index in [0.29, 0.717) is 10.9 Å². The quantitative estimate of drug-likeness (QED) is 0.406. The molecule has 3 rings (SSSR count). The zero-order valence-electron chi connectivity index (χ0n) is 15.7. The normalized spacial score (nSPS) is 15.0. The Bertz CT molecular complexity index is 677. The van der Waals surface area contributed by atoms with E-state index in [1.54, 1.807) is 0 Å². The lowest BCUT2D eigenvalue weighted by Gasteiger charge is -2.15. The van der Waals surface area contributed by atoms with E-state index in [1.807, 2.05) is 0 Å². The smallest absolute Gasteiger partial charge is 0.204 e. The summed E-state index contributed by atoms with van der Waals surface area (Å²) in [6, 6.07) is 10.9. The molecule has 1 aliphatic heterocycles. The van der Waals surface area contributed by atoms with Crippen LogP contribution in [0.25, 0.3) is 10.8 Å². The largest absolute Gasteiger partial charge is 0.493 e. The predicted molar refractivity (Wildman–Crippen MR) is 109 cm³/mol. The molecule has 0 unspecified atom stereocenters. The van der Waals surface area contributed by atoms with Crippen molar-refractivity contribution in [3.8, 4) is 11.5 Å². The zero-order valence-corrected chi connectivity index (χ0v) is 16.5. The highest BCUT2D eigenvalue weighted by molar-refractivity contribution is 7.97. The van der Waals surface area contributed by atoms with Crippen molar-refractivity contribution in [3.63, 3.8) is 0 Å². The molecule has 0 aliphatic carbocycles. The molecule has 0 radical (unpaired) electrons. The summed E-state index contributed by atoms with van der Waals surface area (Å²) in [5.74, 6) is 4.75. The van der Waals surface area contributed by atoms with Gasteiger partial charge in [0.2, 0.25) is 4.90 Å². The van der Waals surface area contributed by atoms with Crippen molar-refractivity contribution >= 4 is 21.7 Å². The van der Waals surface area contributed by atoms with Crippen molar-refractivity contribution in [3.05, 3.63) is 30.3 Å². The Kier molecular flexibility index (Phi) is 6.92. The van der Waals surface area contributed by atoms with Crippen molar-refractivity contribution in [2.24, 2.45) is 0 Å². The third kappa shape index (κ3) is 4.44. The average Bonchev–Trinajstić information content (AvgIpc) is 3.16. The predicted octanol–water partition coefficient (Wildman–Crippen LogP) is 5.97. The Hall–Kier alpha value is -1.35. The van der Waals surface area contributed by atoms with Crippen LogP contribution in [0.15, 0.2) is 35.2 Å². The maximum atomic E-state index is 6.20. The van der Waals surface area contributed by atoms with Gasteiger partial charge in [-0.1, -0.05) is 32.8 Å². The number of rotatable bonds is 9. The second-order valence-electron chi connectivity index (χ2n) is 6.76.